The van der Waals surface area contributed by atoms with E-state index >= 15 is 0 Å². The number of carbonyl (C=O) groups is 1. The molecule has 0 bridgehead atoms. The maximum absolute atomic E-state index is 12.3. The first-order chi connectivity index (χ1) is 11.7. The summed E-state index contributed by atoms with van der Waals surface area (Å²) in [4.78, 5) is 22.3. The first kappa shape index (κ1) is 18.2. The molecule has 0 radical (unpaired) electrons. The van der Waals surface area contributed by atoms with Gasteiger partial charge in [0.2, 0.25) is 5.28 Å². The van der Waals surface area contributed by atoms with Gasteiger partial charge < -0.3 is 15.0 Å². The van der Waals surface area contributed by atoms with Crippen LogP contribution in [0.2, 0.25) is 5.28 Å². The number of amides is 1. The van der Waals surface area contributed by atoms with Crippen molar-refractivity contribution >= 4 is 23.5 Å². The molecule has 138 valence electrons. The Kier molecular flexibility index (Phi) is 5.09. The summed E-state index contributed by atoms with van der Waals surface area (Å²) in [5, 5.41) is 3.72. The van der Waals surface area contributed by atoms with Crippen molar-refractivity contribution in [3.63, 3.8) is 0 Å². The van der Waals surface area contributed by atoms with Crippen LogP contribution in [0.15, 0.2) is 12.3 Å². The molecular formula is C18H27ClN4O2. The molecule has 0 atom stereocenters. The molecule has 1 N–H and O–H groups in total. The fourth-order valence-electron chi connectivity index (χ4n) is 3.82. The lowest BCUT2D eigenvalue weighted by molar-refractivity contribution is 0.0261. The van der Waals surface area contributed by atoms with E-state index in [1.165, 1.54) is 0 Å². The zero-order valence-corrected chi connectivity index (χ0v) is 16.0. The number of hydrogen-bond acceptors (Lipinski definition) is 5. The summed E-state index contributed by atoms with van der Waals surface area (Å²) in [6.45, 7) is 7.34. The highest BCUT2D eigenvalue weighted by atomic mass is 35.5. The maximum atomic E-state index is 12.3. The molecule has 25 heavy (non-hydrogen) atoms. The van der Waals surface area contributed by atoms with Crippen LogP contribution in [0.5, 0.6) is 0 Å². The van der Waals surface area contributed by atoms with Gasteiger partial charge in [-0.3, -0.25) is 0 Å². The van der Waals surface area contributed by atoms with Crippen LogP contribution in [0.4, 0.5) is 10.6 Å². The van der Waals surface area contributed by atoms with E-state index in [1.54, 1.807) is 6.20 Å². The van der Waals surface area contributed by atoms with Gasteiger partial charge in [0.05, 0.1) is 0 Å². The van der Waals surface area contributed by atoms with Crippen LogP contribution >= 0.6 is 11.6 Å². The second-order valence-electron chi connectivity index (χ2n) is 8.28. The van der Waals surface area contributed by atoms with E-state index in [1.807, 2.05) is 31.7 Å². The average molecular weight is 367 g/mol. The minimum absolute atomic E-state index is 0.180. The highest BCUT2D eigenvalue weighted by Gasteiger charge is 2.43. The minimum atomic E-state index is -0.437. The van der Waals surface area contributed by atoms with Crippen molar-refractivity contribution in [2.45, 2.75) is 64.5 Å². The van der Waals surface area contributed by atoms with E-state index in [0.29, 0.717) is 6.04 Å². The molecular weight excluding hydrogens is 340 g/mol. The van der Waals surface area contributed by atoms with E-state index in [0.717, 1.165) is 51.0 Å². The molecule has 0 aromatic carbocycles. The van der Waals surface area contributed by atoms with Crippen LogP contribution < -0.4 is 5.32 Å². The van der Waals surface area contributed by atoms with E-state index in [2.05, 4.69) is 15.3 Å². The molecule has 7 heteroatoms. The van der Waals surface area contributed by atoms with Crippen molar-refractivity contribution < 1.29 is 9.53 Å². The SMILES string of the molecule is CC(C)(C)OC(=O)N1CCC2(CCC(Nc3ccnc(Cl)n3)CC2)C1. The predicted octanol–water partition coefficient (Wildman–Crippen LogP) is 4.11. The number of likely N-dealkylation sites (tertiary alicyclic amines) is 1. The lowest BCUT2D eigenvalue weighted by atomic mass is 9.72. The molecule has 2 fully saturated rings. The Bertz CT molecular complexity index is 624. The molecule has 1 amide bonds. The van der Waals surface area contributed by atoms with E-state index in [9.17, 15) is 4.79 Å². The summed E-state index contributed by atoms with van der Waals surface area (Å²) in [6, 6.07) is 2.24. The third-order valence-corrected chi connectivity index (χ3v) is 5.30. The summed E-state index contributed by atoms with van der Waals surface area (Å²) in [7, 11) is 0. The van der Waals surface area contributed by atoms with Crippen LogP contribution in [0.25, 0.3) is 0 Å². The number of anilines is 1. The molecule has 2 heterocycles. The van der Waals surface area contributed by atoms with Crippen LogP contribution in [0, 0.1) is 5.41 Å². The highest BCUT2D eigenvalue weighted by molar-refractivity contribution is 6.28. The van der Waals surface area contributed by atoms with Gasteiger partial charge >= 0.3 is 6.09 Å². The van der Waals surface area contributed by atoms with Crippen molar-refractivity contribution in [2.75, 3.05) is 18.4 Å². The largest absolute Gasteiger partial charge is 0.444 e. The van der Waals surface area contributed by atoms with Crippen molar-refractivity contribution in [3.05, 3.63) is 17.5 Å². The second kappa shape index (κ2) is 6.98. The summed E-state index contributed by atoms with van der Waals surface area (Å²) in [5.41, 5.74) is -0.189. The number of carbonyl (C=O) groups excluding carboxylic acids is 1. The maximum Gasteiger partial charge on any atom is 0.410 e. The van der Waals surface area contributed by atoms with Gasteiger partial charge in [0.1, 0.15) is 11.4 Å². The normalized spacial score (nSPS) is 26.7. The molecule has 1 saturated heterocycles. The van der Waals surface area contributed by atoms with Crippen LogP contribution in [0.3, 0.4) is 0 Å². The van der Waals surface area contributed by atoms with Gasteiger partial charge in [-0.15, -0.1) is 0 Å². The third kappa shape index (κ3) is 4.75. The Balaban J connectivity index is 1.51. The molecule has 1 aliphatic carbocycles. The molecule has 6 nitrogen and oxygen atoms in total. The number of nitrogens with zero attached hydrogens (tertiary/aromatic N) is 3. The molecule has 1 spiro atoms. The van der Waals surface area contributed by atoms with Gasteiger partial charge in [0.15, 0.2) is 0 Å². The second-order valence-corrected chi connectivity index (χ2v) is 8.62. The lowest BCUT2D eigenvalue weighted by Gasteiger charge is -2.37. The number of halogens is 1. The van der Waals surface area contributed by atoms with Crippen molar-refractivity contribution in [3.8, 4) is 0 Å². The first-order valence-corrected chi connectivity index (χ1v) is 9.36. The number of ether oxygens (including phenoxy) is 1. The van der Waals surface area contributed by atoms with E-state index < -0.39 is 5.60 Å². The smallest absolute Gasteiger partial charge is 0.410 e. The molecule has 2 aliphatic rings. The standard InChI is InChI=1S/C18H27ClN4O2/c1-17(2,3)25-16(24)23-11-9-18(12-23)7-4-13(5-8-18)21-14-6-10-20-15(19)22-14/h6,10,13H,4-5,7-9,11-12H2,1-3H3,(H,20,21,22). The zero-order valence-electron chi connectivity index (χ0n) is 15.2. The highest BCUT2D eigenvalue weighted by Crippen LogP contribution is 2.44. The number of rotatable bonds is 2. The topological polar surface area (TPSA) is 67.3 Å². The summed E-state index contributed by atoms with van der Waals surface area (Å²) >= 11 is 5.84. The Hall–Kier alpha value is -1.56. The number of nitrogens with one attached hydrogen (secondary N) is 1. The summed E-state index contributed by atoms with van der Waals surface area (Å²) < 4.78 is 5.51. The average Bonchev–Trinajstić information content (AvgIpc) is 2.93. The third-order valence-electron chi connectivity index (χ3n) is 5.11. The van der Waals surface area contributed by atoms with Crippen LogP contribution in [-0.4, -0.2) is 45.7 Å². The van der Waals surface area contributed by atoms with Gasteiger partial charge in [-0.2, -0.15) is 0 Å². The summed E-state index contributed by atoms with van der Waals surface area (Å²) in [6.07, 6.45) is 6.93. The summed E-state index contributed by atoms with van der Waals surface area (Å²) in [5.74, 6) is 0.780. The van der Waals surface area contributed by atoms with E-state index in [-0.39, 0.29) is 16.8 Å². The molecule has 0 unspecified atom stereocenters. The van der Waals surface area contributed by atoms with E-state index in [4.69, 9.17) is 16.3 Å². The Morgan fingerprint density at radius 1 is 1.36 bits per heavy atom. The zero-order chi connectivity index (χ0) is 18.1. The van der Waals surface area contributed by atoms with Crippen LogP contribution in [0.1, 0.15) is 52.9 Å². The molecule has 1 saturated carbocycles. The number of hydrogen-bond donors (Lipinski definition) is 1. The van der Waals surface area contributed by atoms with Crippen molar-refractivity contribution in [2.24, 2.45) is 5.41 Å². The van der Waals surface area contributed by atoms with Gasteiger partial charge in [0.25, 0.3) is 0 Å². The molecule has 1 aromatic heterocycles. The lowest BCUT2D eigenvalue weighted by Crippen LogP contribution is -2.39. The molecule has 3 rings (SSSR count). The van der Waals surface area contributed by atoms with Crippen molar-refractivity contribution in [1.82, 2.24) is 14.9 Å². The van der Waals surface area contributed by atoms with Gasteiger partial charge in [-0.05, 0) is 76.0 Å². The Morgan fingerprint density at radius 2 is 2.08 bits per heavy atom. The van der Waals surface area contributed by atoms with Gasteiger partial charge in [-0.1, -0.05) is 0 Å². The predicted molar refractivity (Wildman–Crippen MR) is 97.8 cm³/mol. The van der Waals surface area contributed by atoms with Crippen molar-refractivity contribution in [1.29, 1.82) is 0 Å². The Labute approximate surface area is 154 Å². The minimum Gasteiger partial charge on any atom is -0.444 e. The van der Waals surface area contributed by atoms with Gasteiger partial charge in [-0.25, -0.2) is 14.8 Å². The monoisotopic (exact) mass is 366 g/mol. The quantitative estimate of drug-likeness (QED) is 0.797. The van der Waals surface area contributed by atoms with Gasteiger partial charge in [0, 0.05) is 25.3 Å². The first-order valence-electron chi connectivity index (χ1n) is 8.98. The fourth-order valence-corrected chi connectivity index (χ4v) is 3.97. The number of aromatic nitrogens is 2. The Morgan fingerprint density at radius 3 is 2.72 bits per heavy atom. The molecule has 1 aliphatic heterocycles. The van der Waals surface area contributed by atoms with Crippen LogP contribution in [-0.2, 0) is 4.74 Å². The fraction of sp³-hybridized carbons (Fsp3) is 0.722. The molecule has 1 aromatic rings.